The molecule has 2 aromatic rings. The summed E-state index contributed by atoms with van der Waals surface area (Å²) in [6.07, 6.45) is 0. The quantitative estimate of drug-likeness (QED) is 0.674. The van der Waals surface area contributed by atoms with E-state index >= 15 is 0 Å². The second kappa shape index (κ2) is 7.53. The fraction of sp³-hybridized carbons (Fsp3) is 0.316. The van der Waals surface area contributed by atoms with Crippen LogP contribution in [0.5, 0.6) is 5.75 Å². The Morgan fingerprint density at radius 3 is 2.17 bits per heavy atom. The zero-order valence-electron chi connectivity index (χ0n) is 16.0. The fourth-order valence-corrected chi connectivity index (χ4v) is 3.75. The summed E-state index contributed by atoms with van der Waals surface area (Å²) in [6, 6.07) is 5.63. The van der Waals surface area contributed by atoms with E-state index < -0.39 is 36.6 Å². The van der Waals surface area contributed by atoms with E-state index in [1.807, 2.05) is 20.8 Å². The number of hydrogen-bond acceptors (Lipinski definition) is 4. The number of sulfone groups is 1. The zero-order chi connectivity index (χ0) is 22.4. The first-order valence-electron chi connectivity index (χ1n) is 8.32. The summed E-state index contributed by atoms with van der Waals surface area (Å²) < 4.78 is 61.0. The molecule has 0 unspecified atom stereocenters. The van der Waals surface area contributed by atoms with Gasteiger partial charge in [0, 0.05) is 5.56 Å². The number of anilines is 1. The molecule has 0 spiro atoms. The predicted molar refractivity (Wildman–Crippen MR) is 104 cm³/mol. The minimum Gasteiger partial charge on any atom is -0.507 e. The van der Waals surface area contributed by atoms with Crippen LogP contribution in [0.25, 0.3) is 0 Å². The van der Waals surface area contributed by atoms with Crippen molar-refractivity contribution in [3.05, 3.63) is 52.0 Å². The van der Waals surface area contributed by atoms with E-state index in [-0.39, 0.29) is 17.0 Å². The Morgan fingerprint density at radius 1 is 1.10 bits per heavy atom. The number of nitrogens with one attached hydrogen (secondary N) is 1. The summed E-state index contributed by atoms with van der Waals surface area (Å²) in [5, 5.41) is 12.6. The molecule has 158 valence electrons. The number of rotatable bonds is 3. The predicted octanol–water partition coefficient (Wildman–Crippen LogP) is 5.20. The van der Waals surface area contributed by atoms with Gasteiger partial charge in [-0.3, -0.25) is 4.79 Å². The van der Waals surface area contributed by atoms with Crippen LogP contribution in [-0.4, -0.2) is 24.9 Å². The first-order chi connectivity index (χ1) is 13.1. The number of aromatic hydroxyl groups is 1. The van der Waals surface area contributed by atoms with E-state index in [1.165, 1.54) is 0 Å². The molecule has 0 bridgehead atoms. The highest BCUT2D eigenvalue weighted by atomic mass is 35.5. The van der Waals surface area contributed by atoms with Gasteiger partial charge in [-0.15, -0.1) is 0 Å². The summed E-state index contributed by atoms with van der Waals surface area (Å²) in [5.74, 6) is -0.957. The summed E-state index contributed by atoms with van der Waals surface area (Å²) in [6.45, 7) is 7.18. The van der Waals surface area contributed by atoms with E-state index in [0.717, 1.165) is 6.07 Å². The molecule has 2 rings (SSSR count). The normalized spacial score (nSPS) is 12.7. The number of amides is 1. The van der Waals surface area contributed by atoms with E-state index in [0.29, 0.717) is 23.3 Å². The highest BCUT2D eigenvalue weighted by Crippen LogP contribution is 2.37. The van der Waals surface area contributed by atoms with E-state index in [2.05, 4.69) is 5.32 Å². The highest BCUT2D eigenvalue weighted by Gasteiger charge is 2.47. The molecule has 0 heterocycles. The lowest BCUT2D eigenvalue weighted by Gasteiger charge is -2.22. The van der Waals surface area contributed by atoms with Crippen molar-refractivity contribution in [3.8, 4) is 5.75 Å². The Hall–Kier alpha value is -2.26. The van der Waals surface area contributed by atoms with Gasteiger partial charge in [0.2, 0.25) is 0 Å². The van der Waals surface area contributed by atoms with Crippen molar-refractivity contribution in [3.63, 3.8) is 0 Å². The summed E-state index contributed by atoms with van der Waals surface area (Å²) in [4.78, 5) is 11.7. The molecular weight excluding hydrogens is 431 g/mol. The van der Waals surface area contributed by atoms with Crippen LogP contribution in [0.1, 0.15) is 42.3 Å². The molecule has 10 heteroatoms. The van der Waals surface area contributed by atoms with Gasteiger partial charge in [-0.2, -0.15) is 13.2 Å². The maximum Gasteiger partial charge on any atom is 0.501 e. The monoisotopic (exact) mass is 449 g/mol. The molecular formula is C19H19ClF3NO4S. The third kappa shape index (κ3) is 4.51. The lowest BCUT2D eigenvalue weighted by Crippen LogP contribution is -2.23. The Labute approximate surface area is 171 Å². The molecule has 0 atom stereocenters. The molecule has 0 aliphatic rings. The highest BCUT2D eigenvalue weighted by molar-refractivity contribution is 7.92. The van der Waals surface area contributed by atoms with Crippen LogP contribution in [0.3, 0.4) is 0 Å². The number of phenols is 1. The number of alkyl halides is 3. The number of hydrogen-bond donors (Lipinski definition) is 2. The van der Waals surface area contributed by atoms with Crippen LogP contribution in [0, 0.1) is 6.92 Å². The van der Waals surface area contributed by atoms with Crippen molar-refractivity contribution in [2.45, 2.75) is 43.5 Å². The van der Waals surface area contributed by atoms with Crippen LogP contribution >= 0.6 is 11.6 Å². The van der Waals surface area contributed by atoms with Gasteiger partial charge in [0.25, 0.3) is 15.7 Å². The van der Waals surface area contributed by atoms with Gasteiger partial charge in [0.05, 0.1) is 21.2 Å². The molecule has 0 radical (unpaired) electrons. The van der Waals surface area contributed by atoms with Crippen molar-refractivity contribution >= 4 is 33.0 Å². The van der Waals surface area contributed by atoms with Crippen LogP contribution in [0.15, 0.2) is 35.2 Å². The molecule has 0 aliphatic carbocycles. The zero-order valence-corrected chi connectivity index (χ0v) is 17.6. The molecule has 0 aromatic heterocycles. The molecule has 1 amide bonds. The number of phenolic OH excluding ortho intramolecular Hbond substituents is 1. The average molecular weight is 450 g/mol. The van der Waals surface area contributed by atoms with Crippen LogP contribution in [0.4, 0.5) is 18.9 Å². The molecule has 5 nitrogen and oxygen atoms in total. The van der Waals surface area contributed by atoms with Crippen LogP contribution < -0.4 is 5.32 Å². The van der Waals surface area contributed by atoms with Crippen LogP contribution in [0.2, 0.25) is 5.02 Å². The third-order valence-electron chi connectivity index (χ3n) is 4.23. The number of halogens is 4. The topological polar surface area (TPSA) is 83.5 Å². The molecule has 2 aromatic carbocycles. The molecule has 29 heavy (non-hydrogen) atoms. The SMILES string of the molecule is Cc1ccc(C(C)(C)C)c(O)c1C(=O)Nc1ccc(S(=O)(=O)C(F)(F)F)cc1Cl. The minimum atomic E-state index is -5.57. The largest absolute Gasteiger partial charge is 0.507 e. The molecule has 0 saturated carbocycles. The molecule has 0 saturated heterocycles. The van der Waals surface area contributed by atoms with Crippen molar-refractivity contribution in [2.24, 2.45) is 0 Å². The smallest absolute Gasteiger partial charge is 0.501 e. The maximum atomic E-state index is 12.7. The Morgan fingerprint density at radius 2 is 1.69 bits per heavy atom. The number of carbonyl (C=O) groups is 1. The third-order valence-corrected chi connectivity index (χ3v) is 6.02. The Balaban J connectivity index is 2.43. The first kappa shape index (κ1) is 23.0. The molecule has 0 fully saturated rings. The van der Waals surface area contributed by atoms with Crippen molar-refractivity contribution < 1.29 is 31.5 Å². The number of aryl methyl sites for hydroxylation is 1. The van der Waals surface area contributed by atoms with E-state index in [4.69, 9.17) is 11.6 Å². The van der Waals surface area contributed by atoms with Gasteiger partial charge in [-0.25, -0.2) is 8.42 Å². The molecule has 2 N–H and O–H groups in total. The van der Waals surface area contributed by atoms with Crippen molar-refractivity contribution in [2.75, 3.05) is 5.32 Å². The standard InChI is InChI=1S/C19H19ClF3NO4S/c1-10-5-7-12(18(2,3)4)16(25)15(10)17(26)24-14-8-6-11(9-13(14)20)29(27,28)19(21,22)23/h5-9,25H,1-4H3,(H,24,26). The van der Waals surface area contributed by atoms with Crippen molar-refractivity contribution in [1.29, 1.82) is 0 Å². The number of benzene rings is 2. The maximum absolute atomic E-state index is 12.7. The summed E-state index contributed by atoms with van der Waals surface area (Å²) in [5.41, 5.74) is -5.03. The van der Waals surface area contributed by atoms with Gasteiger partial charge in [0.1, 0.15) is 5.75 Å². The summed E-state index contributed by atoms with van der Waals surface area (Å²) >= 11 is 5.89. The van der Waals surface area contributed by atoms with E-state index in [1.54, 1.807) is 19.1 Å². The van der Waals surface area contributed by atoms with Gasteiger partial charge < -0.3 is 10.4 Å². The first-order valence-corrected chi connectivity index (χ1v) is 10.2. The van der Waals surface area contributed by atoms with Gasteiger partial charge in [-0.1, -0.05) is 44.5 Å². The molecule has 0 aliphatic heterocycles. The lowest BCUT2D eigenvalue weighted by atomic mass is 9.84. The van der Waals surface area contributed by atoms with E-state index in [9.17, 15) is 31.5 Å². The summed E-state index contributed by atoms with van der Waals surface area (Å²) in [7, 11) is -5.57. The van der Waals surface area contributed by atoms with Gasteiger partial charge in [0.15, 0.2) is 0 Å². The number of carbonyl (C=O) groups excluding carboxylic acids is 1. The van der Waals surface area contributed by atoms with Crippen LogP contribution in [-0.2, 0) is 15.3 Å². The van der Waals surface area contributed by atoms with Crippen molar-refractivity contribution in [1.82, 2.24) is 0 Å². The second-order valence-electron chi connectivity index (χ2n) is 7.45. The Bertz CT molecular complexity index is 1070. The lowest BCUT2D eigenvalue weighted by molar-refractivity contribution is -0.0436. The average Bonchev–Trinajstić information content (AvgIpc) is 2.54. The van der Waals surface area contributed by atoms with Gasteiger partial charge in [-0.05, 0) is 36.1 Å². The minimum absolute atomic E-state index is 0.0134. The van der Waals surface area contributed by atoms with Gasteiger partial charge >= 0.3 is 5.51 Å². The fourth-order valence-electron chi connectivity index (χ4n) is 2.67. The second-order valence-corrected chi connectivity index (χ2v) is 9.80. The Kier molecular flexibility index (Phi) is 5.98.